The standard InChI is InChI=1S/C21H21NO5/c1-14-6-8-15(9-7-14)20(25)17-4-2-3-5-18(17)21(26)22-10-11-27-16(13-22)12-19(23)24/h2-9,16H,10-13H2,1H3,(H,23,24)/t16-/m0/s1. The lowest BCUT2D eigenvalue weighted by Crippen LogP contribution is -2.46. The molecule has 6 heteroatoms. The highest BCUT2D eigenvalue weighted by Gasteiger charge is 2.28. The van der Waals surface area contributed by atoms with Gasteiger partial charge in [0.2, 0.25) is 0 Å². The number of morpholine rings is 1. The molecule has 1 fully saturated rings. The summed E-state index contributed by atoms with van der Waals surface area (Å²) in [4.78, 5) is 38.4. The van der Waals surface area contributed by atoms with Crippen molar-refractivity contribution >= 4 is 17.7 Å². The normalized spacial score (nSPS) is 16.8. The van der Waals surface area contributed by atoms with Crippen molar-refractivity contribution < 1.29 is 24.2 Å². The van der Waals surface area contributed by atoms with Gasteiger partial charge in [-0.15, -0.1) is 0 Å². The van der Waals surface area contributed by atoms with Gasteiger partial charge in [0.1, 0.15) is 0 Å². The fraction of sp³-hybridized carbons (Fsp3) is 0.286. The quantitative estimate of drug-likeness (QED) is 0.821. The molecule has 3 rings (SSSR count). The first-order valence-corrected chi connectivity index (χ1v) is 8.79. The Balaban J connectivity index is 1.84. The third-order valence-corrected chi connectivity index (χ3v) is 4.54. The second-order valence-corrected chi connectivity index (χ2v) is 6.58. The summed E-state index contributed by atoms with van der Waals surface area (Å²) in [7, 11) is 0. The molecule has 1 saturated heterocycles. The molecular formula is C21H21NO5. The lowest BCUT2D eigenvalue weighted by molar-refractivity contribution is -0.141. The van der Waals surface area contributed by atoms with E-state index in [2.05, 4.69) is 0 Å². The molecule has 0 aromatic heterocycles. The van der Waals surface area contributed by atoms with E-state index in [4.69, 9.17) is 9.84 Å². The minimum Gasteiger partial charge on any atom is -0.481 e. The SMILES string of the molecule is Cc1ccc(C(=O)c2ccccc2C(=O)N2CCO[C@@H](CC(=O)O)C2)cc1. The average Bonchev–Trinajstić information content (AvgIpc) is 2.67. The van der Waals surface area contributed by atoms with Crippen molar-refractivity contribution in [2.24, 2.45) is 0 Å². The fourth-order valence-corrected chi connectivity index (χ4v) is 3.12. The molecule has 2 aromatic carbocycles. The van der Waals surface area contributed by atoms with Gasteiger partial charge >= 0.3 is 5.97 Å². The molecule has 1 atom stereocenters. The summed E-state index contributed by atoms with van der Waals surface area (Å²) in [5.74, 6) is -1.47. The lowest BCUT2D eigenvalue weighted by Gasteiger charge is -2.32. The van der Waals surface area contributed by atoms with Crippen molar-refractivity contribution in [1.29, 1.82) is 0 Å². The molecule has 0 radical (unpaired) electrons. The molecule has 1 aliphatic rings. The maximum absolute atomic E-state index is 13.0. The fourth-order valence-electron chi connectivity index (χ4n) is 3.12. The molecule has 0 spiro atoms. The van der Waals surface area contributed by atoms with Gasteiger partial charge in [0.15, 0.2) is 5.78 Å². The predicted molar refractivity (Wildman–Crippen MR) is 98.9 cm³/mol. The molecule has 1 N–H and O–H groups in total. The van der Waals surface area contributed by atoms with Crippen molar-refractivity contribution in [3.8, 4) is 0 Å². The highest BCUT2D eigenvalue weighted by molar-refractivity contribution is 6.15. The minimum atomic E-state index is -0.968. The lowest BCUT2D eigenvalue weighted by atomic mass is 9.97. The minimum absolute atomic E-state index is 0.159. The van der Waals surface area contributed by atoms with Crippen molar-refractivity contribution in [2.75, 3.05) is 19.7 Å². The van der Waals surface area contributed by atoms with E-state index in [0.29, 0.717) is 23.2 Å². The third-order valence-electron chi connectivity index (χ3n) is 4.54. The molecular weight excluding hydrogens is 346 g/mol. The Labute approximate surface area is 157 Å². The molecule has 1 amide bonds. The maximum Gasteiger partial charge on any atom is 0.306 e. The number of carboxylic acids is 1. The summed E-state index contributed by atoms with van der Waals surface area (Å²) in [6.07, 6.45) is -0.701. The van der Waals surface area contributed by atoms with E-state index in [1.807, 2.05) is 19.1 Å². The zero-order chi connectivity index (χ0) is 19.4. The number of benzene rings is 2. The Kier molecular flexibility index (Phi) is 5.66. The maximum atomic E-state index is 13.0. The van der Waals surface area contributed by atoms with E-state index >= 15 is 0 Å². The molecule has 27 heavy (non-hydrogen) atoms. The van der Waals surface area contributed by atoms with Crippen LogP contribution in [0.25, 0.3) is 0 Å². The second kappa shape index (κ2) is 8.14. The first-order chi connectivity index (χ1) is 13.0. The highest BCUT2D eigenvalue weighted by atomic mass is 16.5. The summed E-state index contributed by atoms with van der Waals surface area (Å²) in [6.45, 7) is 2.77. The van der Waals surface area contributed by atoms with Crippen molar-refractivity contribution in [1.82, 2.24) is 4.90 Å². The number of carbonyl (C=O) groups excluding carboxylic acids is 2. The number of hydrogen-bond acceptors (Lipinski definition) is 4. The van der Waals surface area contributed by atoms with Crippen LogP contribution in [0.2, 0.25) is 0 Å². The number of amides is 1. The van der Waals surface area contributed by atoms with E-state index in [9.17, 15) is 14.4 Å². The Morgan fingerprint density at radius 2 is 1.74 bits per heavy atom. The monoisotopic (exact) mass is 367 g/mol. The van der Waals surface area contributed by atoms with Gasteiger partial charge in [-0.25, -0.2) is 0 Å². The number of aryl methyl sites for hydroxylation is 1. The van der Waals surface area contributed by atoms with Crippen LogP contribution in [0.15, 0.2) is 48.5 Å². The van der Waals surface area contributed by atoms with Crippen LogP contribution in [-0.4, -0.2) is 53.5 Å². The van der Waals surface area contributed by atoms with Gasteiger partial charge in [0, 0.05) is 24.2 Å². The van der Waals surface area contributed by atoms with Gasteiger partial charge < -0.3 is 14.7 Å². The van der Waals surface area contributed by atoms with Gasteiger partial charge in [0.05, 0.1) is 24.7 Å². The van der Waals surface area contributed by atoms with Crippen LogP contribution in [0.4, 0.5) is 0 Å². The Morgan fingerprint density at radius 1 is 1.07 bits per heavy atom. The third kappa shape index (κ3) is 4.41. The van der Waals surface area contributed by atoms with E-state index in [1.54, 1.807) is 41.3 Å². The zero-order valence-corrected chi connectivity index (χ0v) is 15.1. The van der Waals surface area contributed by atoms with Gasteiger partial charge in [-0.1, -0.05) is 48.0 Å². The Hall–Kier alpha value is -2.99. The highest BCUT2D eigenvalue weighted by Crippen LogP contribution is 2.19. The molecule has 1 heterocycles. The molecule has 0 aliphatic carbocycles. The van der Waals surface area contributed by atoms with Crippen LogP contribution >= 0.6 is 0 Å². The van der Waals surface area contributed by atoms with Crippen molar-refractivity contribution in [2.45, 2.75) is 19.4 Å². The van der Waals surface area contributed by atoms with E-state index in [0.717, 1.165) is 5.56 Å². The summed E-state index contributed by atoms with van der Waals surface area (Å²) >= 11 is 0. The van der Waals surface area contributed by atoms with E-state index in [-0.39, 0.29) is 31.3 Å². The topological polar surface area (TPSA) is 83.9 Å². The summed E-state index contributed by atoms with van der Waals surface area (Å²) in [5.41, 5.74) is 2.23. The summed E-state index contributed by atoms with van der Waals surface area (Å²) < 4.78 is 5.42. The molecule has 6 nitrogen and oxygen atoms in total. The number of aliphatic carboxylic acids is 1. The number of ether oxygens (including phenoxy) is 1. The molecule has 0 unspecified atom stereocenters. The van der Waals surface area contributed by atoms with Crippen LogP contribution in [-0.2, 0) is 9.53 Å². The van der Waals surface area contributed by atoms with Crippen LogP contribution in [0.3, 0.4) is 0 Å². The number of nitrogens with zero attached hydrogens (tertiary/aromatic N) is 1. The van der Waals surface area contributed by atoms with Crippen LogP contribution in [0.1, 0.15) is 38.3 Å². The molecule has 0 saturated carbocycles. The average molecular weight is 367 g/mol. The molecule has 1 aliphatic heterocycles. The number of rotatable bonds is 5. The first kappa shape index (κ1) is 18.8. The van der Waals surface area contributed by atoms with Gasteiger partial charge in [-0.05, 0) is 13.0 Å². The van der Waals surface area contributed by atoms with Gasteiger partial charge in [-0.3, -0.25) is 14.4 Å². The van der Waals surface area contributed by atoms with Gasteiger partial charge in [-0.2, -0.15) is 0 Å². The van der Waals surface area contributed by atoms with Crippen molar-refractivity contribution in [3.05, 3.63) is 70.8 Å². The Morgan fingerprint density at radius 3 is 2.41 bits per heavy atom. The number of carbonyl (C=O) groups is 3. The number of carboxylic acid groups (broad SMARTS) is 1. The van der Waals surface area contributed by atoms with Gasteiger partial charge in [0.25, 0.3) is 5.91 Å². The zero-order valence-electron chi connectivity index (χ0n) is 15.1. The van der Waals surface area contributed by atoms with Crippen LogP contribution in [0.5, 0.6) is 0 Å². The largest absolute Gasteiger partial charge is 0.481 e. The van der Waals surface area contributed by atoms with Crippen molar-refractivity contribution in [3.63, 3.8) is 0 Å². The molecule has 140 valence electrons. The summed E-state index contributed by atoms with van der Waals surface area (Å²) in [6, 6.07) is 13.9. The molecule has 2 aromatic rings. The smallest absolute Gasteiger partial charge is 0.306 e. The number of hydrogen-bond donors (Lipinski definition) is 1. The number of ketones is 1. The second-order valence-electron chi connectivity index (χ2n) is 6.58. The molecule has 0 bridgehead atoms. The first-order valence-electron chi connectivity index (χ1n) is 8.79. The van der Waals surface area contributed by atoms with E-state index < -0.39 is 12.1 Å². The predicted octanol–water partition coefficient (Wildman–Crippen LogP) is 2.54. The van der Waals surface area contributed by atoms with Crippen LogP contribution in [0, 0.1) is 6.92 Å². The van der Waals surface area contributed by atoms with Crippen LogP contribution < -0.4 is 0 Å². The Bertz CT molecular complexity index is 859. The van der Waals surface area contributed by atoms with E-state index in [1.165, 1.54) is 0 Å². The summed E-state index contributed by atoms with van der Waals surface area (Å²) in [5, 5.41) is 8.94.